The molecule has 1 fully saturated rings. The highest BCUT2D eigenvalue weighted by Gasteiger charge is 2.32. The Morgan fingerprint density at radius 3 is 2.56 bits per heavy atom. The molecule has 0 spiro atoms. The molecule has 0 atom stereocenters. The van der Waals surface area contributed by atoms with Crippen molar-refractivity contribution in [3.63, 3.8) is 0 Å². The molecule has 0 bridgehead atoms. The molecular weight excluding hydrogens is 478 g/mol. The number of nitrogens with zero attached hydrogens (tertiary/aromatic N) is 4. The summed E-state index contributed by atoms with van der Waals surface area (Å²) in [6.45, 7) is 3.08. The van der Waals surface area contributed by atoms with Crippen molar-refractivity contribution in [2.45, 2.75) is 38.5 Å². The lowest BCUT2D eigenvalue weighted by atomic mass is 10.0. The van der Waals surface area contributed by atoms with Crippen LogP contribution in [0, 0.1) is 0 Å². The number of carbonyl (C=O) groups excluding carboxylic acids is 2. The van der Waals surface area contributed by atoms with E-state index in [0.717, 1.165) is 37.2 Å². The van der Waals surface area contributed by atoms with Crippen LogP contribution < -0.4 is 5.32 Å². The van der Waals surface area contributed by atoms with E-state index in [2.05, 4.69) is 15.3 Å². The van der Waals surface area contributed by atoms with Gasteiger partial charge in [-0.3, -0.25) is 9.59 Å². The normalized spacial score (nSPS) is 17.3. The molecule has 0 unspecified atom stereocenters. The molecule has 9 heteroatoms. The third-order valence-electron chi connectivity index (χ3n) is 7.08. The van der Waals surface area contributed by atoms with Gasteiger partial charge in [-0.25, -0.2) is 9.97 Å². The molecule has 3 aliphatic heterocycles. The number of anilines is 1. The van der Waals surface area contributed by atoms with E-state index in [1.807, 2.05) is 42.5 Å². The molecule has 1 N–H and O–H groups in total. The van der Waals surface area contributed by atoms with E-state index in [9.17, 15) is 9.59 Å². The molecule has 1 aromatic heterocycles. The van der Waals surface area contributed by atoms with Crippen molar-refractivity contribution in [3.8, 4) is 11.3 Å². The fourth-order valence-corrected chi connectivity index (χ4v) is 5.27. The molecule has 3 aromatic rings. The Kier molecular flexibility index (Phi) is 6.07. The second-order valence-corrected chi connectivity index (χ2v) is 9.88. The minimum atomic E-state index is -0.150. The van der Waals surface area contributed by atoms with Gasteiger partial charge in [-0.2, -0.15) is 0 Å². The molecule has 1 saturated heterocycles. The molecule has 2 aromatic carbocycles. The van der Waals surface area contributed by atoms with E-state index in [4.69, 9.17) is 16.3 Å². The van der Waals surface area contributed by atoms with Gasteiger partial charge < -0.3 is 19.9 Å². The molecule has 184 valence electrons. The van der Waals surface area contributed by atoms with Crippen LogP contribution in [-0.2, 0) is 29.2 Å². The molecule has 0 saturated carbocycles. The van der Waals surface area contributed by atoms with E-state index >= 15 is 0 Å². The Hall–Kier alpha value is -3.49. The zero-order valence-corrected chi connectivity index (χ0v) is 20.5. The summed E-state index contributed by atoms with van der Waals surface area (Å²) in [5.41, 5.74) is 5.12. The summed E-state index contributed by atoms with van der Waals surface area (Å²) in [4.78, 5) is 38.6. The number of hydrogen-bond donors (Lipinski definition) is 1. The highest BCUT2D eigenvalue weighted by atomic mass is 35.5. The molecule has 8 nitrogen and oxygen atoms in total. The lowest BCUT2D eigenvalue weighted by Gasteiger charge is -2.23. The summed E-state index contributed by atoms with van der Waals surface area (Å²) in [7, 11) is 0. The number of rotatable bonds is 5. The van der Waals surface area contributed by atoms with E-state index in [1.54, 1.807) is 16.0 Å². The third kappa shape index (κ3) is 4.42. The van der Waals surface area contributed by atoms with E-state index in [0.29, 0.717) is 41.9 Å². The van der Waals surface area contributed by atoms with Crippen LogP contribution in [0.15, 0.2) is 48.7 Å². The first-order valence-electron chi connectivity index (χ1n) is 12.2. The standard InChI is InChI=1S/C27H26ClN5O3/c28-23-12-29-27(30-21-7-9-36-10-8-21)31-25(23)17-5-6-20-15-33(26(35)22(20)11-17)16-24(34)32-13-18-3-1-2-4-19(18)14-32/h1-6,11-12,21H,7-10,13-16H2,(H,29,30,31). The van der Waals surface area contributed by atoms with Crippen LogP contribution in [0.25, 0.3) is 11.3 Å². The summed E-state index contributed by atoms with van der Waals surface area (Å²) in [6, 6.07) is 14.0. The molecule has 6 rings (SSSR count). The maximum atomic E-state index is 13.2. The highest BCUT2D eigenvalue weighted by molar-refractivity contribution is 6.33. The van der Waals surface area contributed by atoms with Crippen molar-refractivity contribution in [1.82, 2.24) is 19.8 Å². The number of nitrogens with one attached hydrogen (secondary N) is 1. The van der Waals surface area contributed by atoms with Crippen molar-refractivity contribution in [2.75, 3.05) is 25.1 Å². The molecule has 2 amide bonds. The van der Waals surface area contributed by atoms with Crippen LogP contribution >= 0.6 is 11.6 Å². The predicted octanol–water partition coefficient (Wildman–Crippen LogP) is 3.89. The highest BCUT2D eigenvalue weighted by Crippen LogP contribution is 2.32. The number of hydrogen-bond acceptors (Lipinski definition) is 6. The summed E-state index contributed by atoms with van der Waals surface area (Å²) in [6.07, 6.45) is 3.37. The van der Waals surface area contributed by atoms with Gasteiger partial charge in [0.2, 0.25) is 11.9 Å². The Labute approximate surface area is 214 Å². The number of fused-ring (bicyclic) bond motifs is 2. The number of halogens is 1. The number of ether oxygens (including phenoxy) is 1. The maximum absolute atomic E-state index is 13.2. The first-order valence-corrected chi connectivity index (χ1v) is 12.6. The zero-order chi connectivity index (χ0) is 24.6. The van der Waals surface area contributed by atoms with Gasteiger partial charge in [0.25, 0.3) is 5.91 Å². The molecule has 0 radical (unpaired) electrons. The van der Waals surface area contributed by atoms with E-state index in [1.165, 1.54) is 11.1 Å². The summed E-state index contributed by atoms with van der Waals surface area (Å²) in [5.74, 6) is 0.310. The van der Waals surface area contributed by atoms with Crippen LogP contribution in [-0.4, -0.2) is 57.4 Å². The molecule has 0 aliphatic carbocycles. The Bertz CT molecular complexity index is 1320. The lowest BCUT2D eigenvalue weighted by Crippen LogP contribution is -2.38. The number of benzene rings is 2. The molecular formula is C27H26ClN5O3. The monoisotopic (exact) mass is 503 g/mol. The minimum Gasteiger partial charge on any atom is -0.381 e. The SMILES string of the molecule is O=C(CN1Cc2ccc(-c3nc(NC4CCOCC4)ncc3Cl)cc2C1=O)N1Cc2ccccc2C1. The quantitative estimate of drug-likeness (QED) is 0.568. The predicted molar refractivity (Wildman–Crippen MR) is 135 cm³/mol. The van der Waals surface area contributed by atoms with Gasteiger partial charge >= 0.3 is 0 Å². The minimum absolute atomic E-state index is 0.0461. The fourth-order valence-electron chi connectivity index (χ4n) is 5.07. The van der Waals surface area contributed by atoms with Crippen molar-refractivity contribution in [2.24, 2.45) is 0 Å². The van der Waals surface area contributed by atoms with Crippen LogP contribution in [0.1, 0.15) is 39.9 Å². The van der Waals surface area contributed by atoms with Gasteiger partial charge in [-0.15, -0.1) is 0 Å². The van der Waals surface area contributed by atoms with Crippen molar-refractivity contribution < 1.29 is 14.3 Å². The van der Waals surface area contributed by atoms with E-state index in [-0.39, 0.29) is 24.4 Å². The Balaban J connectivity index is 1.17. The number of carbonyl (C=O) groups is 2. The van der Waals surface area contributed by atoms with Crippen LogP contribution in [0.3, 0.4) is 0 Å². The summed E-state index contributed by atoms with van der Waals surface area (Å²) < 4.78 is 5.42. The summed E-state index contributed by atoms with van der Waals surface area (Å²) >= 11 is 6.45. The number of amides is 2. The van der Waals surface area contributed by atoms with Crippen LogP contribution in [0.2, 0.25) is 5.02 Å². The molecule has 4 heterocycles. The van der Waals surface area contributed by atoms with Gasteiger partial charge in [0.1, 0.15) is 6.54 Å². The topological polar surface area (TPSA) is 87.7 Å². The second-order valence-electron chi connectivity index (χ2n) is 9.47. The first kappa shape index (κ1) is 22.9. The van der Waals surface area contributed by atoms with Gasteiger partial charge in [0.15, 0.2) is 0 Å². The Morgan fingerprint density at radius 1 is 1.06 bits per heavy atom. The van der Waals surface area contributed by atoms with Gasteiger partial charge in [0, 0.05) is 50.0 Å². The van der Waals surface area contributed by atoms with Crippen LogP contribution in [0.5, 0.6) is 0 Å². The van der Waals surface area contributed by atoms with Crippen LogP contribution in [0.4, 0.5) is 5.95 Å². The van der Waals surface area contributed by atoms with Gasteiger partial charge in [0.05, 0.1) is 16.9 Å². The zero-order valence-electron chi connectivity index (χ0n) is 19.7. The van der Waals surface area contributed by atoms with Gasteiger partial charge in [-0.1, -0.05) is 48.0 Å². The second kappa shape index (κ2) is 9.52. The third-order valence-corrected chi connectivity index (χ3v) is 7.36. The smallest absolute Gasteiger partial charge is 0.254 e. The van der Waals surface area contributed by atoms with Crippen molar-refractivity contribution >= 4 is 29.4 Å². The fraction of sp³-hybridized carbons (Fsp3) is 0.333. The lowest BCUT2D eigenvalue weighted by molar-refractivity contribution is -0.132. The van der Waals surface area contributed by atoms with Crippen molar-refractivity contribution in [3.05, 3.63) is 75.9 Å². The molecule has 36 heavy (non-hydrogen) atoms. The number of aromatic nitrogens is 2. The maximum Gasteiger partial charge on any atom is 0.254 e. The van der Waals surface area contributed by atoms with E-state index < -0.39 is 0 Å². The average molecular weight is 504 g/mol. The Morgan fingerprint density at radius 2 is 1.81 bits per heavy atom. The van der Waals surface area contributed by atoms with Gasteiger partial charge in [-0.05, 0) is 35.6 Å². The first-order chi connectivity index (χ1) is 17.5. The average Bonchev–Trinajstić information content (AvgIpc) is 3.47. The summed E-state index contributed by atoms with van der Waals surface area (Å²) in [5, 5.41) is 3.78. The largest absolute Gasteiger partial charge is 0.381 e. The molecule has 3 aliphatic rings. The van der Waals surface area contributed by atoms with Crippen molar-refractivity contribution in [1.29, 1.82) is 0 Å².